The van der Waals surface area contributed by atoms with Crippen LogP contribution in [0.5, 0.6) is 0 Å². The van der Waals surface area contributed by atoms with Crippen LogP contribution in [0.1, 0.15) is 31.3 Å². The van der Waals surface area contributed by atoms with Crippen LogP contribution in [0.4, 0.5) is 5.69 Å². The fourth-order valence-corrected chi connectivity index (χ4v) is 5.33. The van der Waals surface area contributed by atoms with Gasteiger partial charge in [0.25, 0.3) is 0 Å². The lowest BCUT2D eigenvalue weighted by atomic mass is 9.95. The Labute approximate surface area is 160 Å². The molecule has 9 nitrogen and oxygen atoms in total. The van der Waals surface area contributed by atoms with Crippen molar-refractivity contribution in [1.29, 1.82) is 0 Å². The first-order valence-electron chi connectivity index (χ1n) is 8.70. The van der Waals surface area contributed by atoms with Gasteiger partial charge in [0.15, 0.2) is 5.82 Å². The molecule has 0 aliphatic carbocycles. The van der Waals surface area contributed by atoms with Crippen LogP contribution in [0.15, 0.2) is 24.3 Å². The highest BCUT2D eigenvalue weighted by atomic mass is 32.2. The van der Waals surface area contributed by atoms with Gasteiger partial charge < -0.3 is 15.5 Å². The Hall–Kier alpha value is -2.62. The van der Waals surface area contributed by atoms with Crippen LogP contribution in [0, 0.1) is 0 Å². The lowest BCUT2D eigenvalue weighted by Gasteiger charge is -2.44. The van der Waals surface area contributed by atoms with E-state index >= 15 is 0 Å². The highest BCUT2D eigenvalue weighted by Crippen LogP contribution is 2.56. The summed E-state index contributed by atoms with van der Waals surface area (Å²) in [5, 5.41) is 20.0. The molecule has 3 heterocycles. The van der Waals surface area contributed by atoms with Crippen molar-refractivity contribution < 1.29 is 9.59 Å². The lowest BCUT2D eigenvalue weighted by Crippen LogP contribution is -2.68. The zero-order valence-electron chi connectivity index (χ0n) is 15.3. The monoisotopic (exact) mass is 387 g/mol. The molecule has 2 aliphatic heterocycles. The molecule has 1 aromatic heterocycles. The summed E-state index contributed by atoms with van der Waals surface area (Å²) in [5.74, 6) is 0.227. The number of fused-ring (bicyclic) bond motifs is 1. The average molecular weight is 387 g/mol. The number of thioether (sulfide) groups is 1. The second-order valence-corrected chi connectivity index (χ2v) is 8.97. The van der Waals surface area contributed by atoms with Crippen molar-refractivity contribution in [2.45, 2.75) is 42.5 Å². The van der Waals surface area contributed by atoms with Gasteiger partial charge in [-0.2, -0.15) is 5.21 Å². The number of nitrogens with zero attached hydrogens (tertiary/aromatic N) is 4. The van der Waals surface area contributed by atoms with E-state index < -0.39 is 6.04 Å². The van der Waals surface area contributed by atoms with Gasteiger partial charge in [-0.25, -0.2) is 0 Å². The minimum Gasteiger partial charge on any atom is -0.388 e. The Morgan fingerprint density at radius 2 is 2.22 bits per heavy atom. The van der Waals surface area contributed by atoms with Gasteiger partial charge in [-0.1, -0.05) is 17.3 Å². The van der Waals surface area contributed by atoms with Gasteiger partial charge >= 0.3 is 0 Å². The summed E-state index contributed by atoms with van der Waals surface area (Å²) in [7, 11) is 1.83. The van der Waals surface area contributed by atoms with E-state index in [1.54, 1.807) is 16.7 Å². The Morgan fingerprint density at radius 1 is 1.41 bits per heavy atom. The number of rotatable bonds is 5. The third kappa shape index (κ3) is 3.03. The highest BCUT2D eigenvalue weighted by Gasteiger charge is 2.63. The van der Waals surface area contributed by atoms with Crippen LogP contribution < -0.4 is 10.6 Å². The summed E-state index contributed by atoms with van der Waals surface area (Å²) in [6, 6.07) is 6.87. The summed E-state index contributed by atoms with van der Waals surface area (Å²) in [6.07, 6.45) is 0.231. The lowest BCUT2D eigenvalue weighted by molar-refractivity contribution is -0.151. The molecule has 27 heavy (non-hydrogen) atoms. The molecular weight excluding hydrogens is 366 g/mol. The van der Waals surface area contributed by atoms with Crippen LogP contribution in [-0.4, -0.2) is 60.5 Å². The highest BCUT2D eigenvalue weighted by molar-refractivity contribution is 8.01. The van der Waals surface area contributed by atoms with Crippen molar-refractivity contribution >= 4 is 29.3 Å². The number of hydrogen-bond donors (Lipinski definition) is 3. The van der Waals surface area contributed by atoms with Crippen LogP contribution >= 0.6 is 11.8 Å². The Balaban J connectivity index is 1.44. The second kappa shape index (κ2) is 6.52. The number of hydrogen-bond acceptors (Lipinski definition) is 7. The molecule has 0 radical (unpaired) electrons. The predicted molar refractivity (Wildman–Crippen MR) is 101 cm³/mol. The fraction of sp³-hybridized carbons (Fsp3) is 0.471. The maximum absolute atomic E-state index is 12.7. The third-order valence-electron chi connectivity index (χ3n) is 4.94. The van der Waals surface area contributed by atoms with Crippen molar-refractivity contribution in [3.05, 3.63) is 35.7 Å². The number of amides is 2. The van der Waals surface area contributed by atoms with Crippen molar-refractivity contribution in [1.82, 2.24) is 30.8 Å². The van der Waals surface area contributed by atoms with E-state index in [-0.39, 0.29) is 34.4 Å². The Kier molecular flexibility index (Phi) is 4.29. The van der Waals surface area contributed by atoms with Gasteiger partial charge in [-0.15, -0.1) is 22.0 Å². The first kappa shape index (κ1) is 17.8. The largest absolute Gasteiger partial charge is 0.388 e. The zero-order valence-corrected chi connectivity index (χ0v) is 16.1. The normalized spacial score (nSPS) is 25.7. The van der Waals surface area contributed by atoms with Crippen LogP contribution in [0.2, 0.25) is 0 Å². The number of H-pyrrole nitrogens is 1. The standard InChI is InChI=1S/C17H21N7O2S/c1-17(2)13(14-20-22-23-21-14)24-15(26)12(16(24)27-17)19-11(25)8-9-5-4-6-10(7-9)18-3/h4-7,12-13,16,18H,8H2,1-3H3,(H,19,25)(H,20,21,22,23). The molecule has 2 amide bonds. The van der Waals surface area contributed by atoms with Crippen molar-refractivity contribution in [2.75, 3.05) is 12.4 Å². The minimum atomic E-state index is -0.522. The van der Waals surface area contributed by atoms with Crippen LogP contribution in [0.25, 0.3) is 0 Å². The first-order valence-corrected chi connectivity index (χ1v) is 9.58. The van der Waals surface area contributed by atoms with E-state index in [0.29, 0.717) is 5.82 Å². The van der Waals surface area contributed by atoms with Gasteiger partial charge in [-0.05, 0) is 31.5 Å². The molecule has 3 N–H and O–H groups in total. The fourth-order valence-electron chi connectivity index (χ4n) is 3.70. The molecule has 4 rings (SSSR count). The second-order valence-electron chi connectivity index (χ2n) is 7.20. The summed E-state index contributed by atoms with van der Waals surface area (Å²) >= 11 is 1.65. The molecule has 1 aromatic carbocycles. The summed E-state index contributed by atoms with van der Waals surface area (Å²) < 4.78 is -0.273. The molecule has 3 atom stereocenters. The number of carbonyl (C=O) groups is 2. The molecule has 10 heteroatoms. The minimum absolute atomic E-state index is 0.106. The number of nitrogens with one attached hydrogen (secondary N) is 3. The molecule has 2 aliphatic rings. The van der Waals surface area contributed by atoms with E-state index in [2.05, 4.69) is 31.3 Å². The van der Waals surface area contributed by atoms with Gasteiger partial charge in [0, 0.05) is 17.5 Å². The number of tetrazole rings is 1. The van der Waals surface area contributed by atoms with E-state index in [0.717, 1.165) is 11.3 Å². The predicted octanol–water partition coefficient (Wildman–Crippen LogP) is 0.704. The molecule has 142 valence electrons. The Morgan fingerprint density at radius 3 is 2.93 bits per heavy atom. The van der Waals surface area contributed by atoms with Gasteiger partial charge in [-0.3, -0.25) is 9.59 Å². The maximum atomic E-state index is 12.7. The third-order valence-corrected chi connectivity index (χ3v) is 6.52. The number of benzene rings is 1. The van der Waals surface area contributed by atoms with E-state index in [1.807, 2.05) is 45.2 Å². The van der Waals surface area contributed by atoms with Gasteiger partial charge in [0.2, 0.25) is 11.8 Å². The summed E-state index contributed by atoms with van der Waals surface area (Å²) in [6.45, 7) is 4.10. The van der Waals surface area contributed by atoms with E-state index in [9.17, 15) is 9.59 Å². The molecule has 2 saturated heterocycles. The number of anilines is 1. The van der Waals surface area contributed by atoms with E-state index in [4.69, 9.17) is 0 Å². The molecule has 0 saturated carbocycles. The number of β-lactam (4-membered cyclic amide) rings is 1. The maximum Gasteiger partial charge on any atom is 0.249 e. The topological polar surface area (TPSA) is 116 Å². The zero-order chi connectivity index (χ0) is 19.2. The van der Waals surface area contributed by atoms with Crippen LogP contribution in [-0.2, 0) is 16.0 Å². The molecular formula is C17H21N7O2S. The molecule has 0 spiro atoms. The van der Waals surface area contributed by atoms with Crippen LogP contribution in [0.3, 0.4) is 0 Å². The van der Waals surface area contributed by atoms with Crippen molar-refractivity contribution in [2.24, 2.45) is 0 Å². The number of aromatic nitrogens is 4. The van der Waals surface area contributed by atoms with Crippen molar-refractivity contribution in [3.63, 3.8) is 0 Å². The number of carbonyl (C=O) groups excluding carboxylic acids is 2. The average Bonchev–Trinajstić information content (AvgIpc) is 3.24. The first-order chi connectivity index (χ1) is 12.9. The van der Waals surface area contributed by atoms with Gasteiger partial charge in [0.1, 0.15) is 17.5 Å². The quantitative estimate of drug-likeness (QED) is 0.647. The molecule has 0 bridgehead atoms. The molecule has 2 fully saturated rings. The Bertz CT molecular complexity index is 870. The van der Waals surface area contributed by atoms with Gasteiger partial charge in [0.05, 0.1) is 6.42 Å². The SMILES string of the molecule is CNc1cccc(CC(=O)NC2C(=O)N3C2SC(C)(C)C3c2nn[nH]n2)c1. The molecule has 3 unspecified atom stereocenters. The summed E-state index contributed by atoms with van der Waals surface area (Å²) in [5.41, 5.74) is 1.84. The van der Waals surface area contributed by atoms with Crippen molar-refractivity contribution in [3.8, 4) is 0 Å². The summed E-state index contributed by atoms with van der Waals surface area (Å²) in [4.78, 5) is 26.9. The number of aromatic amines is 1. The smallest absolute Gasteiger partial charge is 0.249 e. The molecule has 2 aromatic rings. The van der Waals surface area contributed by atoms with E-state index in [1.165, 1.54) is 0 Å².